The molecule has 0 saturated carbocycles. The molecule has 1 N–H and O–H groups in total. The summed E-state index contributed by atoms with van der Waals surface area (Å²) >= 11 is 0. The molecule has 68 valence electrons. The molecule has 0 heterocycles. The van der Waals surface area contributed by atoms with Crippen LogP contribution in [0.5, 0.6) is 0 Å². The molecule has 11 heavy (non-hydrogen) atoms. The lowest BCUT2D eigenvalue weighted by Crippen LogP contribution is -2.19. The smallest absolute Gasteiger partial charge is 0.00463 e. The van der Waals surface area contributed by atoms with Gasteiger partial charge in [0.15, 0.2) is 0 Å². The average Bonchev–Trinajstić information content (AvgIpc) is 1.97. The Morgan fingerprint density at radius 1 is 1.18 bits per heavy atom. The van der Waals surface area contributed by atoms with Crippen molar-refractivity contribution in [1.29, 1.82) is 0 Å². The van der Waals surface area contributed by atoms with Gasteiger partial charge in [0, 0.05) is 0 Å². The van der Waals surface area contributed by atoms with Gasteiger partial charge in [-0.1, -0.05) is 34.1 Å². The number of hydrogen-bond donors (Lipinski definition) is 1. The van der Waals surface area contributed by atoms with Gasteiger partial charge < -0.3 is 5.32 Å². The highest BCUT2D eigenvalue weighted by Crippen LogP contribution is 2.17. The van der Waals surface area contributed by atoms with Crippen molar-refractivity contribution in [2.45, 2.75) is 40.5 Å². The molecule has 1 atom stereocenters. The molecule has 0 spiro atoms. The highest BCUT2D eigenvalue weighted by atomic mass is 14.8. The Hall–Kier alpha value is -0.0400. The minimum absolute atomic E-state index is 0.846. The lowest BCUT2D eigenvalue weighted by atomic mass is 9.90. The van der Waals surface area contributed by atoms with E-state index < -0.39 is 0 Å². The summed E-state index contributed by atoms with van der Waals surface area (Å²) in [6.07, 6.45) is 2.66. The summed E-state index contributed by atoms with van der Waals surface area (Å²) in [5.74, 6) is 1.76. The molecule has 0 aromatic carbocycles. The van der Waals surface area contributed by atoms with Crippen LogP contribution in [-0.4, -0.2) is 13.1 Å². The van der Waals surface area contributed by atoms with Gasteiger partial charge in [0.1, 0.15) is 0 Å². The van der Waals surface area contributed by atoms with Gasteiger partial charge >= 0.3 is 0 Å². The first-order chi connectivity index (χ1) is 5.22. The van der Waals surface area contributed by atoms with Crippen LogP contribution in [0.4, 0.5) is 0 Å². The van der Waals surface area contributed by atoms with Crippen LogP contribution in [0.3, 0.4) is 0 Å². The molecule has 0 aromatic heterocycles. The molecule has 0 radical (unpaired) electrons. The molecule has 1 unspecified atom stereocenters. The van der Waals surface area contributed by atoms with Crippen LogP contribution in [0.25, 0.3) is 0 Å². The van der Waals surface area contributed by atoms with Crippen LogP contribution in [0.2, 0.25) is 0 Å². The summed E-state index contributed by atoms with van der Waals surface area (Å²) in [4.78, 5) is 0. The standard InChI is InChI=1S/C10H23N/c1-5-10(9(3)4)7-8-11-6-2/h9-11H,5-8H2,1-4H3. The van der Waals surface area contributed by atoms with Gasteiger partial charge in [0.25, 0.3) is 0 Å². The second-order valence-electron chi connectivity index (χ2n) is 3.55. The number of nitrogens with one attached hydrogen (secondary N) is 1. The van der Waals surface area contributed by atoms with Crippen LogP contribution < -0.4 is 5.32 Å². The van der Waals surface area contributed by atoms with Gasteiger partial charge in [0.05, 0.1) is 0 Å². The summed E-state index contributed by atoms with van der Waals surface area (Å²) in [6.45, 7) is 11.4. The van der Waals surface area contributed by atoms with Crippen molar-refractivity contribution in [3.63, 3.8) is 0 Å². The Balaban J connectivity index is 3.36. The lowest BCUT2D eigenvalue weighted by molar-refractivity contribution is 0.344. The summed E-state index contributed by atoms with van der Waals surface area (Å²) < 4.78 is 0. The second kappa shape index (κ2) is 6.66. The first kappa shape index (κ1) is 11.0. The largest absolute Gasteiger partial charge is 0.317 e. The maximum absolute atomic E-state index is 3.37. The van der Waals surface area contributed by atoms with E-state index in [1.807, 2.05) is 0 Å². The Morgan fingerprint density at radius 3 is 2.18 bits per heavy atom. The zero-order valence-corrected chi connectivity index (χ0v) is 8.48. The Labute approximate surface area is 71.6 Å². The van der Waals surface area contributed by atoms with Crippen LogP contribution >= 0.6 is 0 Å². The molecule has 0 bridgehead atoms. The van der Waals surface area contributed by atoms with Crippen molar-refractivity contribution in [2.75, 3.05) is 13.1 Å². The number of rotatable bonds is 6. The third-order valence-corrected chi connectivity index (χ3v) is 2.41. The molecule has 0 amide bonds. The van der Waals surface area contributed by atoms with Crippen LogP contribution in [0.1, 0.15) is 40.5 Å². The van der Waals surface area contributed by atoms with Gasteiger partial charge in [-0.15, -0.1) is 0 Å². The molecule has 0 aliphatic heterocycles. The van der Waals surface area contributed by atoms with Crippen molar-refractivity contribution in [3.8, 4) is 0 Å². The van der Waals surface area contributed by atoms with Gasteiger partial charge in [0.2, 0.25) is 0 Å². The first-order valence-corrected chi connectivity index (χ1v) is 4.93. The average molecular weight is 157 g/mol. The normalized spacial score (nSPS) is 13.9. The van der Waals surface area contributed by atoms with E-state index in [9.17, 15) is 0 Å². The Morgan fingerprint density at radius 2 is 1.82 bits per heavy atom. The molecule has 0 aliphatic carbocycles. The van der Waals surface area contributed by atoms with E-state index in [2.05, 4.69) is 33.0 Å². The molecule has 1 heteroatoms. The maximum atomic E-state index is 3.37. The van der Waals surface area contributed by atoms with E-state index >= 15 is 0 Å². The third kappa shape index (κ3) is 5.25. The Kier molecular flexibility index (Phi) is 6.63. The van der Waals surface area contributed by atoms with E-state index in [-0.39, 0.29) is 0 Å². The number of hydrogen-bond acceptors (Lipinski definition) is 1. The lowest BCUT2D eigenvalue weighted by Gasteiger charge is -2.18. The molecule has 0 aliphatic rings. The summed E-state index contributed by atoms with van der Waals surface area (Å²) in [5, 5.41) is 3.37. The summed E-state index contributed by atoms with van der Waals surface area (Å²) in [7, 11) is 0. The van der Waals surface area contributed by atoms with E-state index in [4.69, 9.17) is 0 Å². The second-order valence-corrected chi connectivity index (χ2v) is 3.55. The van der Waals surface area contributed by atoms with Crippen molar-refractivity contribution < 1.29 is 0 Å². The predicted molar refractivity (Wildman–Crippen MR) is 51.8 cm³/mol. The zero-order chi connectivity index (χ0) is 8.69. The fourth-order valence-corrected chi connectivity index (χ4v) is 1.47. The quantitative estimate of drug-likeness (QED) is 0.584. The third-order valence-electron chi connectivity index (χ3n) is 2.41. The molecular weight excluding hydrogens is 134 g/mol. The van der Waals surface area contributed by atoms with E-state index in [1.165, 1.54) is 19.4 Å². The molecular formula is C10H23N. The van der Waals surface area contributed by atoms with Gasteiger partial charge in [-0.25, -0.2) is 0 Å². The fourth-order valence-electron chi connectivity index (χ4n) is 1.47. The van der Waals surface area contributed by atoms with Crippen LogP contribution in [0, 0.1) is 11.8 Å². The minimum Gasteiger partial charge on any atom is -0.317 e. The van der Waals surface area contributed by atoms with Crippen LogP contribution in [0.15, 0.2) is 0 Å². The molecule has 0 aromatic rings. The van der Waals surface area contributed by atoms with E-state index in [0.29, 0.717) is 0 Å². The van der Waals surface area contributed by atoms with Crippen molar-refractivity contribution >= 4 is 0 Å². The van der Waals surface area contributed by atoms with Gasteiger partial charge in [-0.2, -0.15) is 0 Å². The molecule has 0 saturated heterocycles. The van der Waals surface area contributed by atoms with E-state index in [1.54, 1.807) is 0 Å². The van der Waals surface area contributed by atoms with Gasteiger partial charge in [-0.3, -0.25) is 0 Å². The summed E-state index contributed by atoms with van der Waals surface area (Å²) in [5.41, 5.74) is 0. The summed E-state index contributed by atoms with van der Waals surface area (Å²) in [6, 6.07) is 0. The highest BCUT2D eigenvalue weighted by Gasteiger charge is 2.09. The van der Waals surface area contributed by atoms with Crippen molar-refractivity contribution in [3.05, 3.63) is 0 Å². The monoisotopic (exact) mass is 157 g/mol. The van der Waals surface area contributed by atoms with Crippen molar-refractivity contribution in [1.82, 2.24) is 5.32 Å². The maximum Gasteiger partial charge on any atom is -0.00463 e. The topological polar surface area (TPSA) is 12.0 Å². The highest BCUT2D eigenvalue weighted by molar-refractivity contribution is 4.62. The fraction of sp³-hybridized carbons (Fsp3) is 1.00. The molecule has 1 nitrogen and oxygen atoms in total. The van der Waals surface area contributed by atoms with Crippen molar-refractivity contribution in [2.24, 2.45) is 11.8 Å². The predicted octanol–water partition coefficient (Wildman–Crippen LogP) is 2.67. The SMILES string of the molecule is CCNCCC(CC)C(C)C. The molecule has 0 fully saturated rings. The van der Waals surface area contributed by atoms with E-state index in [0.717, 1.165) is 18.4 Å². The first-order valence-electron chi connectivity index (χ1n) is 4.93. The molecule has 0 rings (SSSR count). The van der Waals surface area contributed by atoms with Crippen LogP contribution in [-0.2, 0) is 0 Å². The van der Waals surface area contributed by atoms with Gasteiger partial charge in [-0.05, 0) is 31.3 Å². The minimum atomic E-state index is 0.846. The Bertz CT molecular complexity index is 78.9. The zero-order valence-electron chi connectivity index (χ0n) is 8.48.